The Morgan fingerprint density at radius 2 is 1.00 bits per heavy atom. The van der Waals surface area contributed by atoms with Gasteiger partial charge in [0.15, 0.2) is 5.60 Å². The topological polar surface area (TPSA) is 110 Å². The Bertz CT molecular complexity index is 521. The number of esters is 2. The van der Waals surface area contributed by atoms with Gasteiger partial charge in [-0.1, -0.05) is 104 Å². The Balaban J connectivity index is 4.13. The average Bonchev–Trinajstić information content (AvgIpc) is 2.76. The summed E-state index contributed by atoms with van der Waals surface area (Å²) in [6.45, 7) is 4.65. The van der Waals surface area contributed by atoms with Gasteiger partial charge in [0.1, 0.15) is 0 Å². The Morgan fingerprint density at radius 1 is 0.606 bits per heavy atom. The Hall–Kier alpha value is -1.63. The van der Waals surface area contributed by atoms with Gasteiger partial charge in [0.25, 0.3) is 0 Å². The third-order valence-electron chi connectivity index (χ3n) is 5.75. The van der Waals surface area contributed by atoms with E-state index in [0.29, 0.717) is 12.8 Å². The third kappa shape index (κ3) is 18.5. The predicted molar refractivity (Wildman–Crippen MR) is 129 cm³/mol. The van der Waals surface area contributed by atoms with Crippen LogP contribution in [0.15, 0.2) is 0 Å². The molecule has 0 aromatic heterocycles. The second-order valence-corrected chi connectivity index (χ2v) is 9.09. The summed E-state index contributed by atoms with van der Waals surface area (Å²) in [7, 11) is 0. The first kappa shape index (κ1) is 31.4. The molecule has 0 saturated carbocycles. The molecule has 2 N–H and O–H groups in total. The van der Waals surface area contributed by atoms with E-state index in [-0.39, 0.29) is 13.2 Å². The van der Waals surface area contributed by atoms with Crippen LogP contribution in [0.5, 0.6) is 0 Å². The van der Waals surface area contributed by atoms with Crippen LogP contribution in [-0.4, -0.2) is 46.9 Å². The molecule has 0 aliphatic rings. The van der Waals surface area contributed by atoms with Gasteiger partial charge in [-0.05, 0) is 12.8 Å². The van der Waals surface area contributed by atoms with Gasteiger partial charge >= 0.3 is 17.9 Å². The average molecular weight is 473 g/mol. The molecule has 0 heterocycles. The molecule has 0 spiro atoms. The molecule has 0 aliphatic carbocycles. The van der Waals surface area contributed by atoms with Crippen LogP contribution < -0.4 is 0 Å². The van der Waals surface area contributed by atoms with Crippen LogP contribution in [-0.2, 0) is 23.9 Å². The fraction of sp³-hybridized carbons (Fsp3) is 0.885. The van der Waals surface area contributed by atoms with Crippen LogP contribution in [0, 0.1) is 0 Å². The Morgan fingerprint density at radius 3 is 1.42 bits per heavy atom. The van der Waals surface area contributed by atoms with E-state index in [4.69, 9.17) is 14.6 Å². The molecule has 0 fully saturated rings. The first-order valence-electron chi connectivity index (χ1n) is 13.1. The lowest BCUT2D eigenvalue weighted by Crippen LogP contribution is -2.44. The van der Waals surface area contributed by atoms with Crippen LogP contribution in [0.3, 0.4) is 0 Å². The Labute approximate surface area is 200 Å². The normalized spacial score (nSPS) is 12.8. The smallest absolute Gasteiger partial charge is 0.339 e. The highest BCUT2D eigenvalue weighted by Gasteiger charge is 2.42. The van der Waals surface area contributed by atoms with Crippen molar-refractivity contribution in [1.29, 1.82) is 0 Å². The second-order valence-electron chi connectivity index (χ2n) is 9.09. The lowest BCUT2D eigenvalue weighted by molar-refractivity contribution is -0.176. The summed E-state index contributed by atoms with van der Waals surface area (Å²) in [6, 6.07) is 0. The summed E-state index contributed by atoms with van der Waals surface area (Å²) < 4.78 is 10.2. The van der Waals surface area contributed by atoms with Crippen LogP contribution >= 0.6 is 0 Å². The van der Waals surface area contributed by atoms with Crippen molar-refractivity contribution < 1.29 is 34.1 Å². The van der Waals surface area contributed by atoms with Crippen molar-refractivity contribution in [3.63, 3.8) is 0 Å². The minimum Gasteiger partial charge on any atom is -0.481 e. The standard InChI is InChI=1S/C26H48O7/c1-3-5-7-9-11-12-13-14-16-18-20-33-25(30)26(31,21-23(27)28)22-24(29)32-19-17-15-10-8-6-4-2/h31H,3-22H2,1-2H3,(H,27,28). The number of carbonyl (C=O) groups excluding carboxylic acids is 2. The second kappa shape index (κ2) is 20.9. The number of ether oxygens (including phenoxy) is 2. The minimum atomic E-state index is -2.40. The SMILES string of the molecule is CCCCCCCCCCCCOC(=O)C(O)(CC(=O)O)CC(=O)OCCCCCCCC. The van der Waals surface area contributed by atoms with E-state index in [0.717, 1.165) is 44.9 Å². The molecule has 0 aromatic rings. The fourth-order valence-electron chi connectivity index (χ4n) is 3.70. The number of unbranched alkanes of at least 4 members (excludes halogenated alkanes) is 14. The Kier molecular flexibility index (Phi) is 19.9. The van der Waals surface area contributed by atoms with Crippen LogP contribution in [0.4, 0.5) is 0 Å². The van der Waals surface area contributed by atoms with Crippen molar-refractivity contribution in [2.24, 2.45) is 0 Å². The maximum Gasteiger partial charge on any atom is 0.339 e. The van der Waals surface area contributed by atoms with E-state index in [1.54, 1.807) is 0 Å². The molecule has 0 bridgehead atoms. The van der Waals surface area contributed by atoms with Crippen LogP contribution in [0.25, 0.3) is 0 Å². The number of aliphatic hydroxyl groups is 1. The molecule has 0 saturated heterocycles. The zero-order valence-electron chi connectivity index (χ0n) is 21.1. The van der Waals surface area contributed by atoms with Crippen molar-refractivity contribution in [2.45, 2.75) is 135 Å². The van der Waals surface area contributed by atoms with Gasteiger partial charge in [-0.3, -0.25) is 9.59 Å². The molecule has 0 rings (SSSR count). The van der Waals surface area contributed by atoms with Gasteiger partial charge in [-0.25, -0.2) is 4.79 Å². The van der Waals surface area contributed by atoms with Gasteiger partial charge in [0.2, 0.25) is 0 Å². The summed E-state index contributed by atoms with van der Waals surface area (Å²) in [5, 5.41) is 19.6. The van der Waals surface area contributed by atoms with Crippen molar-refractivity contribution in [1.82, 2.24) is 0 Å². The molecule has 0 radical (unpaired) electrons. The van der Waals surface area contributed by atoms with Crippen molar-refractivity contribution in [3.8, 4) is 0 Å². The largest absolute Gasteiger partial charge is 0.481 e. The van der Waals surface area contributed by atoms with Gasteiger partial charge in [0, 0.05) is 0 Å². The zero-order chi connectivity index (χ0) is 24.8. The number of carboxylic acids is 1. The molecular formula is C26H48O7. The molecule has 194 valence electrons. The lowest BCUT2D eigenvalue weighted by Gasteiger charge is -2.23. The van der Waals surface area contributed by atoms with Crippen molar-refractivity contribution in [2.75, 3.05) is 13.2 Å². The van der Waals surface area contributed by atoms with E-state index in [1.807, 2.05) is 0 Å². The number of hydrogen-bond acceptors (Lipinski definition) is 6. The number of hydrogen-bond donors (Lipinski definition) is 2. The molecular weight excluding hydrogens is 424 g/mol. The molecule has 7 nitrogen and oxygen atoms in total. The molecule has 7 heteroatoms. The maximum atomic E-state index is 12.3. The van der Waals surface area contributed by atoms with E-state index in [9.17, 15) is 19.5 Å². The quantitative estimate of drug-likeness (QED) is 0.140. The highest BCUT2D eigenvalue weighted by atomic mass is 16.6. The van der Waals surface area contributed by atoms with E-state index in [2.05, 4.69) is 13.8 Å². The maximum absolute atomic E-state index is 12.3. The zero-order valence-corrected chi connectivity index (χ0v) is 21.1. The number of aliphatic carboxylic acids is 1. The van der Waals surface area contributed by atoms with E-state index in [1.165, 1.54) is 44.9 Å². The monoisotopic (exact) mass is 472 g/mol. The summed E-state index contributed by atoms with van der Waals surface area (Å²) >= 11 is 0. The minimum absolute atomic E-state index is 0.101. The van der Waals surface area contributed by atoms with Crippen LogP contribution in [0.2, 0.25) is 0 Å². The highest BCUT2D eigenvalue weighted by Crippen LogP contribution is 2.20. The number of carboxylic acid groups (broad SMARTS) is 1. The number of rotatable bonds is 23. The van der Waals surface area contributed by atoms with E-state index < -0.39 is 36.4 Å². The summed E-state index contributed by atoms with van der Waals surface area (Å²) in [5.74, 6) is -3.24. The predicted octanol–water partition coefficient (Wildman–Crippen LogP) is 5.95. The highest BCUT2D eigenvalue weighted by molar-refractivity contribution is 5.89. The molecule has 0 aromatic carbocycles. The molecule has 1 unspecified atom stereocenters. The van der Waals surface area contributed by atoms with Crippen molar-refractivity contribution in [3.05, 3.63) is 0 Å². The third-order valence-corrected chi connectivity index (χ3v) is 5.75. The number of carbonyl (C=O) groups is 3. The summed E-state index contributed by atoms with van der Waals surface area (Å²) in [6.07, 6.45) is 15.9. The first-order chi connectivity index (χ1) is 15.9. The summed E-state index contributed by atoms with van der Waals surface area (Å²) in [5.41, 5.74) is -2.40. The fourth-order valence-corrected chi connectivity index (χ4v) is 3.70. The lowest BCUT2D eigenvalue weighted by atomic mass is 9.95. The van der Waals surface area contributed by atoms with Gasteiger partial charge in [0.05, 0.1) is 26.1 Å². The van der Waals surface area contributed by atoms with Gasteiger partial charge in [-0.2, -0.15) is 0 Å². The molecule has 33 heavy (non-hydrogen) atoms. The van der Waals surface area contributed by atoms with Crippen molar-refractivity contribution >= 4 is 17.9 Å². The molecule has 1 atom stereocenters. The van der Waals surface area contributed by atoms with Crippen LogP contribution in [0.1, 0.15) is 129 Å². The molecule has 0 amide bonds. The van der Waals surface area contributed by atoms with Gasteiger partial charge < -0.3 is 19.7 Å². The first-order valence-corrected chi connectivity index (χ1v) is 13.1. The van der Waals surface area contributed by atoms with E-state index >= 15 is 0 Å². The molecule has 0 aliphatic heterocycles. The van der Waals surface area contributed by atoms with Gasteiger partial charge in [-0.15, -0.1) is 0 Å². The summed E-state index contributed by atoms with van der Waals surface area (Å²) in [4.78, 5) is 35.5.